The van der Waals surface area contributed by atoms with E-state index in [-0.39, 0.29) is 23.4 Å². The van der Waals surface area contributed by atoms with Gasteiger partial charge in [0.2, 0.25) is 0 Å². The lowest BCUT2D eigenvalue weighted by Gasteiger charge is -2.11. The molecule has 0 spiro atoms. The van der Waals surface area contributed by atoms with Gasteiger partial charge in [0.05, 0.1) is 13.2 Å². The lowest BCUT2D eigenvalue weighted by atomic mass is 10.0. The third-order valence-electron chi connectivity index (χ3n) is 4.29. The molecule has 0 N–H and O–H groups in total. The highest BCUT2D eigenvalue weighted by molar-refractivity contribution is 8.77. The molecule has 0 saturated carbocycles. The molecule has 0 bridgehead atoms. The van der Waals surface area contributed by atoms with Crippen molar-refractivity contribution in [3.8, 4) is 0 Å². The Bertz CT molecular complexity index is 330. The smallest absolute Gasteiger partial charge is 0.316 e. The van der Waals surface area contributed by atoms with E-state index >= 15 is 0 Å². The van der Waals surface area contributed by atoms with Gasteiger partial charge in [-0.25, -0.2) is 0 Å². The first-order chi connectivity index (χ1) is 12.5. The van der Waals surface area contributed by atoms with Crippen LogP contribution in [0.1, 0.15) is 79.1 Å². The van der Waals surface area contributed by atoms with Crippen LogP contribution in [0.15, 0.2) is 0 Å². The first-order valence-electron chi connectivity index (χ1n) is 10.0. The first kappa shape index (κ1) is 25.6. The normalized spacial score (nSPS) is 13.2. The average Bonchev–Trinajstić information content (AvgIpc) is 2.61. The highest BCUT2D eigenvalue weighted by atomic mass is 33.1. The summed E-state index contributed by atoms with van der Waals surface area (Å²) in [6, 6.07) is 0. The highest BCUT2D eigenvalue weighted by Gasteiger charge is 2.09. The molecule has 0 fully saturated rings. The van der Waals surface area contributed by atoms with Gasteiger partial charge in [-0.2, -0.15) is 0 Å². The molecule has 6 heteroatoms. The van der Waals surface area contributed by atoms with Gasteiger partial charge in [0, 0.05) is 0 Å². The Labute approximate surface area is 168 Å². The van der Waals surface area contributed by atoms with Crippen molar-refractivity contribution in [3.05, 3.63) is 0 Å². The van der Waals surface area contributed by atoms with Gasteiger partial charge in [-0.3, -0.25) is 9.59 Å². The van der Waals surface area contributed by atoms with Crippen molar-refractivity contribution >= 4 is 33.5 Å². The SMILES string of the molecule is CCCCC(C)CCOC(=O)CSSCC(=O)OCCC(C)CCCC. The predicted octanol–water partition coefficient (Wildman–Crippen LogP) is 5.89. The van der Waals surface area contributed by atoms with Crippen LogP contribution in [0.2, 0.25) is 0 Å². The second-order valence-electron chi connectivity index (χ2n) is 7.04. The molecule has 2 unspecified atom stereocenters. The quantitative estimate of drug-likeness (QED) is 0.171. The highest BCUT2D eigenvalue weighted by Crippen LogP contribution is 2.21. The molecule has 0 rings (SSSR count). The van der Waals surface area contributed by atoms with E-state index in [0.717, 1.165) is 12.8 Å². The van der Waals surface area contributed by atoms with E-state index < -0.39 is 0 Å². The van der Waals surface area contributed by atoms with Crippen molar-refractivity contribution in [2.75, 3.05) is 24.7 Å². The van der Waals surface area contributed by atoms with Crippen LogP contribution in [0.4, 0.5) is 0 Å². The summed E-state index contributed by atoms with van der Waals surface area (Å²) in [6.07, 6.45) is 9.11. The Morgan fingerprint density at radius 2 is 1.12 bits per heavy atom. The molecular formula is C20H38O4S2. The maximum atomic E-state index is 11.6. The summed E-state index contributed by atoms with van der Waals surface area (Å²) in [4.78, 5) is 23.3. The fourth-order valence-electron chi connectivity index (χ4n) is 2.40. The third-order valence-corrected chi connectivity index (χ3v) is 6.37. The number of ether oxygens (including phenoxy) is 2. The molecule has 0 aromatic heterocycles. The first-order valence-corrected chi connectivity index (χ1v) is 12.5. The van der Waals surface area contributed by atoms with Gasteiger partial charge in [0.15, 0.2) is 0 Å². The molecule has 0 aliphatic heterocycles. The molecule has 0 heterocycles. The van der Waals surface area contributed by atoms with Crippen molar-refractivity contribution in [2.24, 2.45) is 11.8 Å². The van der Waals surface area contributed by atoms with Gasteiger partial charge in [0.25, 0.3) is 0 Å². The molecule has 0 aromatic rings. The largest absolute Gasteiger partial charge is 0.465 e. The molecule has 0 saturated heterocycles. The van der Waals surface area contributed by atoms with E-state index in [0.29, 0.717) is 25.0 Å². The predicted molar refractivity (Wildman–Crippen MR) is 113 cm³/mol. The van der Waals surface area contributed by atoms with E-state index in [1.165, 1.54) is 60.1 Å². The fraction of sp³-hybridized carbons (Fsp3) is 0.900. The zero-order valence-electron chi connectivity index (χ0n) is 17.1. The summed E-state index contributed by atoms with van der Waals surface area (Å²) in [5.41, 5.74) is 0. The Balaban J connectivity index is 3.51. The standard InChI is InChI=1S/C20H38O4S2/c1-5-7-9-17(3)11-13-23-19(21)15-25-26-16-20(22)24-14-12-18(4)10-8-6-2/h17-18H,5-16H2,1-4H3. The minimum Gasteiger partial charge on any atom is -0.465 e. The van der Waals surface area contributed by atoms with Crippen LogP contribution in [-0.4, -0.2) is 36.7 Å². The van der Waals surface area contributed by atoms with Gasteiger partial charge in [-0.15, -0.1) is 0 Å². The van der Waals surface area contributed by atoms with E-state index in [1.807, 2.05) is 0 Å². The van der Waals surface area contributed by atoms with Crippen LogP contribution in [0.5, 0.6) is 0 Å². The fourth-order valence-corrected chi connectivity index (χ4v) is 4.01. The van der Waals surface area contributed by atoms with E-state index in [4.69, 9.17) is 9.47 Å². The summed E-state index contributed by atoms with van der Waals surface area (Å²) < 4.78 is 10.5. The minimum atomic E-state index is -0.205. The van der Waals surface area contributed by atoms with Crippen LogP contribution in [0, 0.1) is 11.8 Å². The summed E-state index contributed by atoms with van der Waals surface area (Å²) in [5.74, 6) is 1.34. The lowest BCUT2D eigenvalue weighted by molar-refractivity contribution is -0.141. The summed E-state index contributed by atoms with van der Waals surface area (Å²) in [7, 11) is 2.71. The molecule has 4 nitrogen and oxygen atoms in total. The van der Waals surface area contributed by atoms with Gasteiger partial charge < -0.3 is 9.47 Å². The third kappa shape index (κ3) is 17.1. The summed E-state index contributed by atoms with van der Waals surface area (Å²) in [6.45, 7) is 9.76. The number of carbonyl (C=O) groups is 2. The Kier molecular flexibility index (Phi) is 17.8. The number of esters is 2. The van der Waals surface area contributed by atoms with E-state index in [9.17, 15) is 9.59 Å². The monoisotopic (exact) mass is 406 g/mol. The number of carbonyl (C=O) groups excluding carboxylic acids is 2. The van der Waals surface area contributed by atoms with Gasteiger partial charge in [0.1, 0.15) is 11.5 Å². The van der Waals surface area contributed by atoms with Gasteiger partial charge >= 0.3 is 11.9 Å². The zero-order chi connectivity index (χ0) is 19.6. The topological polar surface area (TPSA) is 52.6 Å². The van der Waals surface area contributed by atoms with Crippen molar-refractivity contribution in [1.29, 1.82) is 0 Å². The van der Waals surface area contributed by atoms with Gasteiger partial charge in [-0.05, 0) is 24.7 Å². The molecular weight excluding hydrogens is 368 g/mol. The van der Waals surface area contributed by atoms with Crippen LogP contribution in [0.3, 0.4) is 0 Å². The van der Waals surface area contributed by atoms with Crippen LogP contribution in [0.25, 0.3) is 0 Å². The van der Waals surface area contributed by atoms with E-state index in [2.05, 4.69) is 27.7 Å². The summed E-state index contributed by atoms with van der Waals surface area (Å²) in [5, 5.41) is 0. The molecule has 154 valence electrons. The van der Waals surface area contributed by atoms with E-state index in [1.54, 1.807) is 0 Å². The molecule has 0 radical (unpaired) electrons. The Morgan fingerprint density at radius 1 is 0.731 bits per heavy atom. The van der Waals surface area contributed by atoms with Crippen LogP contribution in [-0.2, 0) is 19.1 Å². The Morgan fingerprint density at radius 3 is 1.46 bits per heavy atom. The average molecular weight is 407 g/mol. The molecule has 0 amide bonds. The molecule has 0 aromatic carbocycles. The lowest BCUT2D eigenvalue weighted by Crippen LogP contribution is -2.12. The molecule has 0 aliphatic rings. The van der Waals surface area contributed by atoms with Gasteiger partial charge in [-0.1, -0.05) is 87.8 Å². The number of rotatable bonds is 17. The zero-order valence-corrected chi connectivity index (χ0v) is 18.7. The van der Waals surface area contributed by atoms with Crippen molar-refractivity contribution in [2.45, 2.75) is 79.1 Å². The minimum absolute atomic E-state index is 0.205. The maximum absolute atomic E-state index is 11.6. The number of hydrogen-bond acceptors (Lipinski definition) is 6. The number of hydrogen-bond donors (Lipinski definition) is 0. The van der Waals surface area contributed by atoms with Crippen LogP contribution >= 0.6 is 21.6 Å². The maximum Gasteiger partial charge on any atom is 0.316 e. The molecule has 26 heavy (non-hydrogen) atoms. The van der Waals surface area contributed by atoms with Crippen molar-refractivity contribution in [1.82, 2.24) is 0 Å². The van der Waals surface area contributed by atoms with Crippen molar-refractivity contribution < 1.29 is 19.1 Å². The summed E-state index contributed by atoms with van der Waals surface area (Å²) >= 11 is 0. The second kappa shape index (κ2) is 18.0. The second-order valence-corrected chi connectivity index (χ2v) is 9.50. The van der Waals surface area contributed by atoms with Crippen molar-refractivity contribution in [3.63, 3.8) is 0 Å². The molecule has 2 atom stereocenters. The van der Waals surface area contributed by atoms with Crippen LogP contribution < -0.4 is 0 Å². The number of unbranched alkanes of at least 4 members (excludes halogenated alkanes) is 2. The Hall–Kier alpha value is -0.360. The molecule has 0 aliphatic carbocycles.